The van der Waals surface area contributed by atoms with Gasteiger partial charge in [-0.05, 0) is 35.8 Å². The second-order valence-electron chi connectivity index (χ2n) is 7.48. The van der Waals surface area contributed by atoms with Gasteiger partial charge < -0.3 is 16.5 Å². The number of unbranched alkanes of at least 4 members (excludes halogenated alkanes) is 2. The molecule has 2 unspecified atom stereocenters. The first-order valence-electron chi connectivity index (χ1n) is 10.3. The molecule has 4 nitrogen and oxygen atoms in total. The third-order valence-electron chi connectivity index (χ3n) is 5.57. The van der Waals surface area contributed by atoms with Gasteiger partial charge in [-0.15, -0.1) is 0 Å². The molecule has 144 valence electrons. The molecule has 0 saturated heterocycles. The molecular weight excluding hydrogens is 310 g/mol. The van der Waals surface area contributed by atoms with Gasteiger partial charge in [0.25, 0.3) is 5.91 Å². The van der Waals surface area contributed by atoms with E-state index in [4.69, 9.17) is 11.5 Å². The molecule has 0 bridgehead atoms. The maximum atomic E-state index is 11.9. The lowest BCUT2D eigenvalue weighted by Crippen LogP contribution is -2.16. The fourth-order valence-electron chi connectivity index (χ4n) is 3.73. The van der Waals surface area contributed by atoms with Crippen LogP contribution in [0.1, 0.15) is 101 Å². The van der Waals surface area contributed by atoms with Crippen LogP contribution in [0.15, 0.2) is 0 Å². The minimum atomic E-state index is -0.389. The molecule has 4 heteroatoms. The lowest BCUT2D eigenvalue weighted by Gasteiger charge is -2.19. The largest absolute Gasteiger partial charge is 0.385 e. The van der Waals surface area contributed by atoms with Crippen molar-refractivity contribution >= 4 is 11.7 Å². The first kappa shape index (κ1) is 21.6. The van der Waals surface area contributed by atoms with E-state index in [1.807, 2.05) is 0 Å². The predicted molar refractivity (Wildman–Crippen MR) is 108 cm³/mol. The number of rotatable bonds is 13. The number of anilines is 1. The highest BCUT2D eigenvalue weighted by Gasteiger charge is 2.23. The number of aromatic nitrogens is 1. The van der Waals surface area contributed by atoms with Crippen molar-refractivity contribution in [3.05, 3.63) is 16.8 Å². The van der Waals surface area contributed by atoms with E-state index in [1.54, 1.807) is 0 Å². The van der Waals surface area contributed by atoms with E-state index in [0.717, 1.165) is 36.8 Å². The number of hydrogen-bond donors (Lipinski definition) is 3. The highest BCUT2D eigenvalue weighted by Crippen LogP contribution is 2.31. The maximum absolute atomic E-state index is 11.9. The SMILES string of the molecule is CCCCC(CC)Cc1c(N)[nH]c(C(N)=O)c1CC(CC)CCCC. The number of nitrogens with one attached hydrogen (secondary N) is 1. The smallest absolute Gasteiger partial charge is 0.265 e. The van der Waals surface area contributed by atoms with Gasteiger partial charge >= 0.3 is 0 Å². The standard InChI is InChI=1S/C21H39N3O/c1-5-9-11-15(7-3)13-17-18(14-16(8-4)12-10-6-2)20(22)24-19(17)21(23)25/h15-16,24H,5-14,22H2,1-4H3,(H2,23,25). The first-order valence-corrected chi connectivity index (χ1v) is 10.3. The molecule has 1 aromatic heterocycles. The molecule has 0 radical (unpaired) electrons. The highest BCUT2D eigenvalue weighted by molar-refractivity contribution is 5.94. The third-order valence-corrected chi connectivity index (χ3v) is 5.57. The number of carbonyl (C=O) groups excluding carboxylic acids is 1. The molecular formula is C21H39N3O. The lowest BCUT2D eigenvalue weighted by molar-refractivity contribution is 0.0995. The Kier molecular flexibility index (Phi) is 9.69. The van der Waals surface area contributed by atoms with Crippen molar-refractivity contribution in [3.63, 3.8) is 0 Å². The molecule has 2 atom stereocenters. The Bertz CT molecular complexity index is 521. The van der Waals surface area contributed by atoms with Crippen LogP contribution in [0.4, 0.5) is 5.82 Å². The Labute approximate surface area is 154 Å². The van der Waals surface area contributed by atoms with Crippen LogP contribution in [-0.4, -0.2) is 10.9 Å². The van der Waals surface area contributed by atoms with E-state index in [2.05, 4.69) is 32.7 Å². The van der Waals surface area contributed by atoms with Gasteiger partial charge in [0.05, 0.1) is 0 Å². The van der Waals surface area contributed by atoms with Crippen LogP contribution >= 0.6 is 0 Å². The molecule has 0 fully saturated rings. The summed E-state index contributed by atoms with van der Waals surface area (Å²) < 4.78 is 0. The summed E-state index contributed by atoms with van der Waals surface area (Å²) in [5.74, 6) is 1.46. The molecule has 1 amide bonds. The van der Waals surface area contributed by atoms with E-state index in [9.17, 15) is 4.79 Å². The van der Waals surface area contributed by atoms with E-state index < -0.39 is 0 Å². The molecule has 5 N–H and O–H groups in total. The van der Waals surface area contributed by atoms with Crippen molar-refractivity contribution in [2.75, 3.05) is 5.73 Å². The quantitative estimate of drug-likeness (QED) is 0.456. The van der Waals surface area contributed by atoms with E-state index >= 15 is 0 Å². The Hall–Kier alpha value is -1.45. The molecule has 0 aliphatic heterocycles. The summed E-state index contributed by atoms with van der Waals surface area (Å²) in [6.07, 6.45) is 11.4. The number of H-pyrrole nitrogens is 1. The zero-order chi connectivity index (χ0) is 18.8. The lowest BCUT2D eigenvalue weighted by atomic mass is 9.86. The fourth-order valence-corrected chi connectivity index (χ4v) is 3.73. The van der Waals surface area contributed by atoms with Crippen LogP contribution in [0.2, 0.25) is 0 Å². The van der Waals surface area contributed by atoms with Crippen molar-refractivity contribution in [3.8, 4) is 0 Å². The van der Waals surface area contributed by atoms with Crippen molar-refractivity contribution in [2.45, 2.75) is 91.9 Å². The Morgan fingerprint density at radius 2 is 1.40 bits per heavy atom. The van der Waals surface area contributed by atoms with Gasteiger partial charge in [0.2, 0.25) is 0 Å². The van der Waals surface area contributed by atoms with Gasteiger partial charge in [-0.25, -0.2) is 0 Å². The number of hydrogen-bond acceptors (Lipinski definition) is 2. The molecule has 0 aliphatic rings. The number of aromatic amines is 1. The van der Waals surface area contributed by atoms with Crippen LogP contribution in [0, 0.1) is 11.8 Å². The summed E-state index contributed by atoms with van der Waals surface area (Å²) in [5, 5.41) is 0. The zero-order valence-corrected chi connectivity index (χ0v) is 16.8. The molecule has 1 heterocycles. The number of nitrogen functional groups attached to an aromatic ring is 1. The summed E-state index contributed by atoms with van der Waals surface area (Å²) in [6, 6.07) is 0. The van der Waals surface area contributed by atoms with Gasteiger partial charge in [-0.2, -0.15) is 0 Å². The third kappa shape index (κ3) is 6.41. The summed E-state index contributed by atoms with van der Waals surface area (Å²) >= 11 is 0. The first-order chi connectivity index (χ1) is 12.0. The minimum Gasteiger partial charge on any atom is -0.385 e. The minimum absolute atomic E-state index is 0.389. The van der Waals surface area contributed by atoms with Crippen LogP contribution in [0.5, 0.6) is 0 Å². The van der Waals surface area contributed by atoms with Crippen molar-refractivity contribution < 1.29 is 4.79 Å². The molecule has 0 aromatic carbocycles. The summed E-state index contributed by atoms with van der Waals surface area (Å²) in [5.41, 5.74) is 14.7. The van der Waals surface area contributed by atoms with Crippen molar-refractivity contribution in [1.82, 2.24) is 4.98 Å². The van der Waals surface area contributed by atoms with Gasteiger partial charge in [0.15, 0.2) is 0 Å². The molecule has 25 heavy (non-hydrogen) atoms. The monoisotopic (exact) mass is 349 g/mol. The molecule has 0 spiro atoms. The van der Waals surface area contributed by atoms with Gasteiger partial charge in [-0.1, -0.05) is 79.1 Å². The van der Waals surface area contributed by atoms with Crippen LogP contribution in [-0.2, 0) is 12.8 Å². The summed E-state index contributed by atoms with van der Waals surface area (Å²) in [7, 11) is 0. The van der Waals surface area contributed by atoms with Crippen LogP contribution < -0.4 is 11.5 Å². The Morgan fingerprint density at radius 1 is 0.920 bits per heavy atom. The zero-order valence-electron chi connectivity index (χ0n) is 16.8. The van der Waals surface area contributed by atoms with Gasteiger partial charge in [0.1, 0.15) is 11.5 Å². The maximum Gasteiger partial charge on any atom is 0.265 e. The second kappa shape index (κ2) is 11.2. The van der Waals surface area contributed by atoms with Gasteiger partial charge in [0, 0.05) is 0 Å². The van der Waals surface area contributed by atoms with E-state index in [-0.39, 0.29) is 5.91 Å². The van der Waals surface area contributed by atoms with Crippen molar-refractivity contribution in [2.24, 2.45) is 17.6 Å². The fraction of sp³-hybridized carbons (Fsp3) is 0.762. The summed E-state index contributed by atoms with van der Waals surface area (Å²) in [4.78, 5) is 15.0. The van der Waals surface area contributed by atoms with Crippen LogP contribution in [0.25, 0.3) is 0 Å². The average molecular weight is 350 g/mol. The van der Waals surface area contributed by atoms with Crippen molar-refractivity contribution in [1.29, 1.82) is 0 Å². The normalized spacial score (nSPS) is 13.8. The molecule has 1 rings (SSSR count). The van der Waals surface area contributed by atoms with E-state index in [1.165, 1.54) is 38.5 Å². The average Bonchev–Trinajstić information content (AvgIpc) is 2.91. The highest BCUT2D eigenvalue weighted by atomic mass is 16.1. The van der Waals surface area contributed by atoms with Crippen LogP contribution in [0.3, 0.4) is 0 Å². The summed E-state index contributed by atoms with van der Waals surface area (Å²) in [6.45, 7) is 8.93. The number of carbonyl (C=O) groups is 1. The number of amides is 1. The second-order valence-corrected chi connectivity index (χ2v) is 7.48. The Morgan fingerprint density at radius 3 is 1.80 bits per heavy atom. The number of nitrogens with two attached hydrogens (primary N) is 2. The van der Waals surface area contributed by atoms with E-state index in [0.29, 0.717) is 23.3 Å². The topological polar surface area (TPSA) is 84.9 Å². The van der Waals surface area contributed by atoms with Gasteiger partial charge in [-0.3, -0.25) is 4.79 Å². The Balaban J connectivity index is 3.08. The molecule has 1 aromatic rings. The number of primary amides is 1. The predicted octanol–water partition coefficient (Wildman–Crippen LogP) is 5.21. The molecule has 0 aliphatic carbocycles. The molecule has 0 saturated carbocycles.